The second kappa shape index (κ2) is 10.5. The van der Waals surface area contributed by atoms with Crippen molar-refractivity contribution >= 4 is 72.0 Å². The number of amides is 1. The molecule has 0 saturated carbocycles. The van der Waals surface area contributed by atoms with Gasteiger partial charge in [-0.3, -0.25) is 4.79 Å². The van der Waals surface area contributed by atoms with Crippen molar-refractivity contribution in [2.24, 2.45) is 0 Å². The van der Waals surface area contributed by atoms with E-state index in [1.807, 2.05) is 54.2 Å². The number of aryl methyl sites for hydroxylation is 1. The van der Waals surface area contributed by atoms with Crippen LogP contribution >= 0.6 is 34.4 Å². The Labute approximate surface area is 222 Å². The highest BCUT2D eigenvalue weighted by Gasteiger charge is 2.19. The van der Waals surface area contributed by atoms with Crippen molar-refractivity contribution in [1.82, 2.24) is 4.98 Å². The van der Waals surface area contributed by atoms with E-state index in [2.05, 4.69) is 31.3 Å². The van der Waals surface area contributed by atoms with Crippen molar-refractivity contribution < 1.29 is 9.53 Å². The van der Waals surface area contributed by atoms with Crippen LogP contribution in [0.15, 0.2) is 58.8 Å². The zero-order valence-corrected chi connectivity index (χ0v) is 22.8. The number of hydrogen-bond acceptors (Lipinski definition) is 7. The smallest absolute Gasteiger partial charge is 0.267 e. The van der Waals surface area contributed by atoms with E-state index in [4.69, 9.17) is 15.5 Å². The lowest BCUT2D eigenvalue weighted by Crippen LogP contribution is -2.11. The molecule has 36 heavy (non-hydrogen) atoms. The second-order valence-electron chi connectivity index (χ2n) is 8.36. The number of nitrogens with two attached hydrogens (primary N) is 1. The van der Waals surface area contributed by atoms with Crippen molar-refractivity contribution in [1.29, 1.82) is 0 Å². The highest BCUT2D eigenvalue weighted by Crippen LogP contribution is 2.40. The van der Waals surface area contributed by atoms with Crippen LogP contribution in [0.1, 0.15) is 35.5 Å². The number of nitrogens with one attached hydrogen (secondary N) is 1. The average molecular weight is 534 g/mol. The summed E-state index contributed by atoms with van der Waals surface area (Å²) in [6.07, 6.45) is 2.15. The van der Waals surface area contributed by atoms with E-state index in [1.165, 1.54) is 31.2 Å². The minimum Gasteiger partial charge on any atom is -0.497 e. The van der Waals surface area contributed by atoms with Crippen LogP contribution in [0, 0.1) is 0 Å². The SMILES string of the molecule is CCCSc1sc2cc(NC(=O)c3sc4nc(-c5cccc(OC)c5)ccc4c3N)ccc2c1CC. The van der Waals surface area contributed by atoms with Gasteiger partial charge in [-0.1, -0.05) is 32.0 Å². The molecule has 0 radical (unpaired) electrons. The molecule has 3 heterocycles. The molecule has 0 fully saturated rings. The number of pyridine rings is 1. The number of thiophene rings is 2. The normalized spacial score (nSPS) is 11.3. The minimum atomic E-state index is -0.217. The molecule has 3 N–H and O–H groups in total. The van der Waals surface area contributed by atoms with E-state index in [0.717, 1.165) is 51.5 Å². The molecule has 0 aliphatic rings. The molecule has 5 nitrogen and oxygen atoms in total. The average Bonchev–Trinajstić information content (AvgIpc) is 3.43. The predicted molar refractivity (Wildman–Crippen MR) is 156 cm³/mol. The third kappa shape index (κ3) is 4.68. The fourth-order valence-electron chi connectivity index (χ4n) is 4.15. The summed E-state index contributed by atoms with van der Waals surface area (Å²) >= 11 is 5.04. The Balaban J connectivity index is 1.42. The number of benzene rings is 2. The Morgan fingerprint density at radius 2 is 1.92 bits per heavy atom. The largest absolute Gasteiger partial charge is 0.497 e. The Morgan fingerprint density at radius 3 is 2.69 bits per heavy atom. The summed E-state index contributed by atoms with van der Waals surface area (Å²) in [5.74, 6) is 1.66. The third-order valence-electron chi connectivity index (χ3n) is 5.97. The number of hydrogen-bond donors (Lipinski definition) is 2. The molecule has 3 aromatic heterocycles. The van der Waals surface area contributed by atoms with Gasteiger partial charge in [-0.25, -0.2) is 4.98 Å². The van der Waals surface area contributed by atoms with Crippen LogP contribution in [0.5, 0.6) is 5.75 Å². The molecule has 1 amide bonds. The van der Waals surface area contributed by atoms with E-state index in [0.29, 0.717) is 10.6 Å². The number of carbonyl (C=O) groups excluding carboxylic acids is 1. The number of thioether (sulfide) groups is 1. The van der Waals surface area contributed by atoms with Crippen molar-refractivity contribution in [3.63, 3.8) is 0 Å². The number of anilines is 2. The molecule has 0 saturated heterocycles. The van der Waals surface area contributed by atoms with Crippen LogP contribution in [0.4, 0.5) is 11.4 Å². The summed E-state index contributed by atoms with van der Waals surface area (Å²) in [5.41, 5.74) is 10.8. The van der Waals surface area contributed by atoms with Gasteiger partial charge in [0.25, 0.3) is 5.91 Å². The van der Waals surface area contributed by atoms with Gasteiger partial charge >= 0.3 is 0 Å². The highest BCUT2D eigenvalue weighted by atomic mass is 32.2. The zero-order chi connectivity index (χ0) is 25.2. The van der Waals surface area contributed by atoms with Gasteiger partial charge in [0.15, 0.2) is 0 Å². The van der Waals surface area contributed by atoms with Gasteiger partial charge in [-0.15, -0.1) is 34.4 Å². The molecular formula is C28H27N3O2S3. The first-order valence-electron chi connectivity index (χ1n) is 11.8. The number of nitrogen functional groups attached to an aromatic ring is 1. The Hall–Kier alpha value is -3.07. The molecule has 5 aromatic rings. The topological polar surface area (TPSA) is 77.2 Å². The van der Waals surface area contributed by atoms with E-state index in [1.54, 1.807) is 18.4 Å². The number of methoxy groups -OCH3 is 1. The van der Waals surface area contributed by atoms with Crippen LogP contribution in [0.3, 0.4) is 0 Å². The molecule has 2 aromatic carbocycles. The summed E-state index contributed by atoms with van der Waals surface area (Å²) in [5, 5.41) is 5.11. The summed E-state index contributed by atoms with van der Waals surface area (Å²) in [7, 11) is 1.64. The number of aromatic nitrogens is 1. The van der Waals surface area contributed by atoms with Gasteiger partial charge < -0.3 is 15.8 Å². The molecule has 0 spiro atoms. The molecule has 184 valence electrons. The van der Waals surface area contributed by atoms with E-state index < -0.39 is 0 Å². The maximum Gasteiger partial charge on any atom is 0.267 e. The van der Waals surface area contributed by atoms with E-state index >= 15 is 0 Å². The zero-order valence-electron chi connectivity index (χ0n) is 20.4. The number of nitrogens with zero attached hydrogens (tertiary/aromatic N) is 1. The van der Waals surface area contributed by atoms with Crippen LogP contribution in [0.2, 0.25) is 0 Å². The Morgan fingerprint density at radius 1 is 1.08 bits per heavy atom. The van der Waals surface area contributed by atoms with E-state index in [-0.39, 0.29) is 5.91 Å². The number of ether oxygens (including phenoxy) is 1. The Kier molecular flexibility index (Phi) is 7.18. The first kappa shape index (κ1) is 24.6. The third-order valence-corrected chi connectivity index (χ3v) is 9.80. The standard InChI is InChI=1S/C28H27N3O2S3/c1-4-13-34-28-19(5-2)20-10-9-17(15-23(20)35-28)30-26(32)25-24(29)21-11-12-22(31-27(21)36-25)16-7-6-8-18(14-16)33-3/h6-12,14-15H,4-5,13,29H2,1-3H3,(H,30,32). The maximum absolute atomic E-state index is 13.2. The van der Waals surface area contributed by atoms with Crippen LogP contribution in [0.25, 0.3) is 31.6 Å². The van der Waals surface area contributed by atoms with Gasteiger partial charge in [0.2, 0.25) is 0 Å². The molecule has 0 aliphatic heterocycles. The Bertz CT molecular complexity index is 1570. The molecule has 0 atom stereocenters. The summed E-state index contributed by atoms with van der Waals surface area (Å²) in [4.78, 5) is 19.2. The van der Waals surface area contributed by atoms with Gasteiger partial charge in [0, 0.05) is 21.3 Å². The first-order chi connectivity index (χ1) is 17.5. The summed E-state index contributed by atoms with van der Waals surface area (Å²) in [6, 6.07) is 17.8. The second-order valence-corrected chi connectivity index (χ2v) is 11.8. The van der Waals surface area contributed by atoms with Crippen molar-refractivity contribution in [3.05, 3.63) is 65.0 Å². The van der Waals surface area contributed by atoms with Crippen molar-refractivity contribution in [2.75, 3.05) is 23.9 Å². The molecule has 5 rings (SSSR count). The molecule has 8 heteroatoms. The summed E-state index contributed by atoms with van der Waals surface area (Å²) in [6.45, 7) is 4.40. The predicted octanol–water partition coefficient (Wildman–Crippen LogP) is 8.09. The lowest BCUT2D eigenvalue weighted by atomic mass is 10.1. The fourth-order valence-corrected chi connectivity index (χ4v) is 7.77. The first-order valence-corrected chi connectivity index (χ1v) is 14.5. The lowest BCUT2D eigenvalue weighted by molar-refractivity contribution is 0.103. The van der Waals surface area contributed by atoms with Crippen LogP contribution in [-0.4, -0.2) is 23.8 Å². The lowest BCUT2D eigenvalue weighted by Gasteiger charge is -2.05. The molecular weight excluding hydrogens is 507 g/mol. The maximum atomic E-state index is 13.2. The van der Waals surface area contributed by atoms with Gasteiger partial charge in [-0.2, -0.15) is 0 Å². The summed E-state index contributed by atoms with van der Waals surface area (Å²) < 4.78 is 7.91. The van der Waals surface area contributed by atoms with Crippen LogP contribution < -0.4 is 15.8 Å². The van der Waals surface area contributed by atoms with Gasteiger partial charge in [0.05, 0.1) is 22.7 Å². The number of rotatable bonds is 8. The fraction of sp³-hybridized carbons (Fsp3) is 0.214. The monoisotopic (exact) mass is 533 g/mol. The van der Waals surface area contributed by atoms with Gasteiger partial charge in [0.1, 0.15) is 15.5 Å². The molecule has 0 bridgehead atoms. The number of carbonyl (C=O) groups is 1. The van der Waals surface area contributed by atoms with Crippen molar-refractivity contribution in [3.8, 4) is 17.0 Å². The van der Waals surface area contributed by atoms with Crippen LogP contribution in [-0.2, 0) is 6.42 Å². The van der Waals surface area contributed by atoms with E-state index in [9.17, 15) is 4.79 Å². The van der Waals surface area contributed by atoms with Crippen molar-refractivity contribution in [2.45, 2.75) is 30.9 Å². The van der Waals surface area contributed by atoms with Gasteiger partial charge in [-0.05, 0) is 65.9 Å². The minimum absolute atomic E-state index is 0.217. The quantitative estimate of drug-likeness (QED) is 0.197. The molecule has 0 unspecified atom stereocenters. The molecule has 0 aliphatic carbocycles. The highest BCUT2D eigenvalue weighted by molar-refractivity contribution is 8.01. The number of fused-ring (bicyclic) bond motifs is 2.